The van der Waals surface area contributed by atoms with Crippen molar-refractivity contribution in [1.29, 1.82) is 0 Å². The van der Waals surface area contributed by atoms with Crippen LogP contribution in [0.1, 0.15) is 29.7 Å². The van der Waals surface area contributed by atoms with Crippen molar-refractivity contribution in [1.82, 2.24) is 4.90 Å². The number of benzene rings is 1. The number of fused-ring (bicyclic) bond motifs is 3. The molecule has 3 heterocycles. The predicted octanol–water partition coefficient (Wildman–Crippen LogP) is 4.33. The van der Waals surface area contributed by atoms with Gasteiger partial charge in [-0.2, -0.15) is 0 Å². The van der Waals surface area contributed by atoms with Gasteiger partial charge in [0, 0.05) is 29.4 Å². The van der Waals surface area contributed by atoms with Gasteiger partial charge in [0.25, 0.3) is 0 Å². The molecule has 2 aromatic rings. The summed E-state index contributed by atoms with van der Waals surface area (Å²) in [7, 11) is 0. The highest BCUT2D eigenvalue weighted by Crippen LogP contribution is 2.48. The zero-order valence-corrected chi connectivity index (χ0v) is 16.0. The number of hydrogen-bond acceptors (Lipinski definition) is 5. The molecule has 6 heteroatoms. The van der Waals surface area contributed by atoms with Gasteiger partial charge >= 0.3 is 0 Å². The van der Waals surface area contributed by atoms with E-state index in [2.05, 4.69) is 35.4 Å². The van der Waals surface area contributed by atoms with E-state index in [1.165, 1.54) is 10.4 Å². The molecule has 1 aromatic heterocycles. The molecule has 4 rings (SSSR count). The van der Waals surface area contributed by atoms with Gasteiger partial charge in [0.15, 0.2) is 11.5 Å². The summed E-state index contributed by atoms with van der Waals surface area (Å²) in [6.07, 6.45) is 2.19. The van der Waals surface area contributed by atoms with E-state index in [9.17, 15) is 0 Å². The second-order valence-corrected chi connectivity index (χ2v) is 7.31. The maximum absolute atomic E-state index is 5.91. The van der Waals surface area contributed by atoms with Crippen LogP contribution in [0.2, 0.25) is 0 Å². The molecule has 0 spiro atoms. The second kappa shape index (κ2) is 8.30. The fourth-order valence-electron chi connectivity index (χ4n) is 3.49. The van der Waals surface area contributed by atoms with Crippen molar-refractivity contribution in [2.24, 2.45) is 0 Å². The number of thiophene rings is 1. The summed E-state index contributed by atoms with van der Waals surface area (Å²) in [6.45, 7) is 6.53. The molecule has 2 aliphatic rings. The predicted molar refractivity (Wildman–Crippen MR) is 103 cm³/mol. The summed E-state index contributed by atoms with van der Waals surface area (Å²) in [5, 5.41) is 2.16. The highest BCUT2D eigenvalue weighted by atomic mass is 35.5. The molecule has 136 valence electrons. The maximum Gasteiger partial charge on any atom is 0.231 e. The molecule has 0 bridgehead atoms. The summed E-state index contributed by atoms with van der Waals surface area (Å²) in [5.74, 6) is 2.99. The number of likely N-dealkylation sites (N-methyl/N-ethyl adjacent to an activating group) is 1. The van der Waals surface area contributed by atoms with Gasteiger partial charge in [0.2, 0.25) is 12.5 Å². The highest BCUT2D eigenvalue weighted by Gasteiger charge is 2.30. The van der Waals surface area contributed by atoms with Gasteiger partial charge in [-0.1, -0.05) is 19.1 Å². The van der Waals surface area contributed by atoms with Crippen LogP contribution in [0.5, 0.6) is 17.2 Å². The zero-order chi connectivity index (χ0) is 16.4. The van der Waals surface area contributed by atoms with Crippen molar-refractivity contribution in [3.05, 3.63) is 40.1 Å². The van der Waals surface area contributed by atoms with Crippen LogP contribution in [0.3, 0.4) is 0 Å². The molecule has 1 atom stereocenters. The number of hydrogen-bond donors (Lipinski definition) is 0. The van der Waals surface area contributed by atoms with Gasteiger partial charge in [-0.25, -0.2) is 0 Å². The topological polar surface area (TPSA) is 30.9 Å². The molecule has 0 N–H and O–H groups in total. The maximum atomic E-state index is 5.91. The Morgan fingerprint density at radius 2 is 2.08 bits per heavy atom. The Kier molecular flexibility index (Phi) is 6.10. The molecule has 25 heavy (non-hydrogen) atoms. The molecule has 0 saturated heterocycles. The summed E-state index contributed by atoms with van der Waals surface area (Å²) >= 11 is 1.85. The molecule has 0 saturated carbocycles. The normalized spacial score (nSPS) is 17.8. The van der Waals surface area contributed by atoms with E-state index >= 15 is 0 Å². The Hall–Kier alpha value is -1.43. The first-order chi connectivity index (χ1) is 11.8. The van der Waals surface area contributed by atoms with Crippen LogP contribution >= 0.6 is 23.7 Å². The smallest absolute Gasteiger partial charge is 0.231 e. The van der Waals surface area contributed by atoms with Crippen LogP contribution in [0.15, 0.2) is 29.6 Å². The molecule has 2 aliphatic heterocycles. The lowest BCUT2D eigenvalue weighted by molar-refractivity contribution is 0.166. The highest BCUT2D eigenvalue weighted by molar-refractivity contribution is 7.09. The average molecular weight is 382 g/mol. The molecular formula is C19H24ClNO3S. The third kappa shape index (κ3) is 3.89. The summed E-state index contributed by atoms with van der Waals surface area (Å²) < 4.78 is 17.0. The molecule has 0 fully saturated rings. The lowest BCUT2D eigenvalue weighted by Crippen LogP contribution is -2.32. The van der Waals surface area contributed by atoms with Crippen LogP contribution in [0.25, 0.3) is 0 Å². The lowest BCUT2D eigenvalue weighted by atomic mass is 9.92. The van der Waals surface area contributed by atoms with Crippen molar-refractivity contribution in [3.63, 3.8) is 0 Å². The first-order valence-electron chi connectivity index (χ1n) is 8.65. The number of halogens is 1. The molecule has 0 amide bonds. The van der Waals surface area contributed by atoms with E-state index in [4.69, 9.17) is 14.2 Å². The van der Waals surface area contributed by atoms with Crippen LogP contribution in [-0.2, 0) is 6.42 Å². The van der Waals surface area contributed by atoms with Gasteiger partial charge in [-0.05, 0) is 36.9 Å². The average Bonchev–Trinajstić information content (AvgIpc) is 3.29. The van der Waals surface area contributed by atoms with Gasteiger partial charge in [-0.15, -0.1) is 23.7 Å². The molecular weight excluding hydrogens is 358 g/mol. The van der Waals surface area contributed by atoms with E-state index < -0.39 is 0 Å². The standard InChI is InChI=1S/C19H23NO3S.ClH/c1-2-20(9-7-15-4-3-11-24-15)12-14-8-10-21-18-16(14)5-6-17-19(18)23-13-22-17;/h3-6,11,14H,2,7-10,12-13H2,1H3;1H. The van der Waals surface area contributed by atoms with E-state index in [-0.39, 0.29) is 12.4 Å². The van der Waals surface area contributed by atoms with E-state index in [1.807, 2.05) is 17.4 Å². The Bertz CT molecular complexity index is 692. The molecule has 4 nitrogen and oxygen atoms in total. The van der Waals surface area contributed by atoms with Gasteiger partial charge in [0.1, 0.15) is 0 Å². The van der Waals surface area contributed by atoms with Crippen molar-refractivity contribution in [2.45, 2.75) is 25.7 Å². The number of rotatable bonds is 6. The van der Waals surface area contributed by atoms with Crippen LogP contribution in [0.4, 0.5) is 0 Å². The fraction of sp³-hybridized carbons (Fsp3) is 0.474. The fourth-order valence-corrected chi connectivity index (χ4v) is 4.19. The molecule has 1 unspecified atom stereocenters. The first kappa shape index (κ1) is 18.4. The quantitative estimate of drug-likeness (QED) is 0.745. The third-order valence-corrected chi connectivity index (χ3v) is 5.79. The van der Waals surface area contributed by atoms with Crippen LogP contribution < -0.4 is 14.2 Å². The SMILES string of the molecule is CCN(CCc1cccs1)CC1CCOc2c1ccc1c2OCO1.Cl. The summed E-state index contributed by atoms with van der Waals surface area (Å²) in [6, 6.07) is 8.53. The number of ether oxygens (including phenoxy) is 3. The van der Waals surface area contributed by atoms with Gasteiger partial charge in [0.05, 0.1) is 6.61 Å². The third-order valence-electron chi connectivity index (χ3n) is 4.86. The summed E-state index contributed by atoms with van der Waals surface area (Å²) in [4.78, 5) is 4.01. The minimum atomic E-state index is 0. The van der Waals surface area contributed by atoms with E-state index in [0.29, 0.717) is 12.7 Å². The largest absolute Gasteiger partial charge is 0.489 e. The Morgan fingerprint density at radius 3 is 2.88 bits per heavy atom. The molecule has 0 aliphatic carbocycles. The second-order valence-electron chi connectivity index (χ2n) is 6.27. The monoisotopic (exact) mass is 381 g/mol. The van der Waals surface area contributed by atoms with Crippen molar-refractivity contribution in [3.8, 4) is 17.2 Å². The van der Waals surface area contributed by atoms with Gasteiger partial charge in [-0.3, -0.25) is 0 Å². The van der Waals surface area contributed by atoms with E-state index in [1.54, 1.807) is 0 Å². The summed E-state index contributed by atoms with van der Waals surface area (Å²) in [5.41, 5.74) is 1.26. The van der Waals surface area contributed by atoms with Gasteiger partial charge < -0.3 is 19.1 Å². The Morgan fingerprint density at radius 1 is 1.16 bits per heavy atom. The van der Waals surface area contributed by atoms with Crippen LogP contribution in [-0.4, -0.2) is 37.9 Å². The van der Waals surface area contributed by atoms with E-state index in [0.717, 1.165) is 56.3 Å². The minimum absolute atomic E-state index is 0. The Balaban J connectivity index is 0.00000182. The van der Waals surface area contributed by atoms with Crippen molar-refractivity contribution >= 4 is 23.7 Å². The minimum Gasteiger partial charge on any atom is -0.489 e. The molecule has 0 radical (unpaired) electrons. The Labute approximate surface area is 159 Å². The molecule has 1 aromatic carbocycles. The van der Waals surface area contributed by atoms with Crippen molar-refractivity contribution in [2.75, 3.05) is 33.0 Å². The van der Waals surface area contributed by atoms with Crippen molar-refractivity contribution < 1.29 is 14.2 Å². The zero-order valence-electron chi connectivity index (χ0n) is 14.4. The van der Waals surface area contributed by atoms with Crippen LogP contribution in [0, 0.1) is 0 Å². The number of nitrogens with zero attached hydrogens (tertiary/aromatic N) is 1. The lowest BCUT2D eigenvalue weighted by Gasteiger charge is -2.31. The first-order valence-corrected chi connectivity index (χ1v) is 9.53.